The zero-order valence-corrected chi connectivity index (χ0v) is 39.8. The number of benzene rings is 8. The lowest BCUT2D eigenvalue weighted by Crippen LogP contribution is -1.94. The Morgan fingerprint density at radius 3 is 1.90 bits per heavy atom. The molecule has 0 bridgehead atoms. The molecular weight excluding hydrogens is 827 g/mol. The van der Waals surface area contributed by atoms with Crippen LogP contribution in [-0.4, -0.2) is 0 Å². The van der Waals surface area contributed by atoms with Crippen molar-refractivity contribution in [1.82, 2.24) is 0 Å². The maximum absolute atomic E-state index is 3.48. The van der Waals surface area contributed by atoms with Gasteiger partial charge in [0.25, 0.3) is 0 Å². The van der Waals surface area contributed by atoms with Gasteiger partial charge in [-0.3, -0.25) is 0 Å². The molecule has 0 fully saturated rings. The highest BCUT2D eigenvalue weighted by Gasteiger charge is 2.16. The Balaban J connectivity index is 0.841. The van der Waals surface area contributed by atoms with Crippen LogP contribution in [0.2, 0.25) is 0 Å². The molecule has 0 spiro atoms. The molecule has 8 aromatic carbocycles. The largest absolute Gasteiger partial charge is 0.362 e. The molecule has 10 rings (SSSR count). The Morgan fingerprint density at radius 2 is 1.15 bits per heavy atom. The van der Waals surface area contributed by atoms with E-state index in [1.807, 2.05) is 17.5 Å². The standard InChI is InChI=1S/C65H55NS/c1-43-16-9-10-20-55(43)59-23-14-25-61(47(59)5)60-24-13-22-58(46(60)4)53-32-37-57(45(3)41-53)56-36-28-48(40-44(56)2)27-29-50(49-17-7-6-8-18-49)19-15-39-66-54-34-30-51(31-35-54)52-33-38-65-63(42-52)62-21-11-12-26-64(62)67-65/h6-11,13-25,27-42,66H,12,26H2,1-5H3/b29-27-,39-15+,50-19+. The Kier molecular flexibility index (Phi) is 12.4. The minimum Gasteiger partial charge on any atom is -0.362 e. The maximum Gasteiger partial charge on any atom is 0.0380 e. The first kappa shape index (κ1) is 43.4. The van der Waals surface area contributed by atoms with Crippen LogP contribution in [0.5, 0.6) is 0 Å². The molecule has 0 atom stereocenters. The molecule has 1 heterocycles. The summed E-state index contributed by atoms with van der Waals surface area (Å²) in [7, 11) is 0. The van der Waals surface area contributed by atoms with Gasteiger partial charge >= 0.3 is 0 Å². The smallest absolute Gasteiger partial charge is 0.0380 e. The van der Waals surface area contributed by atoms with Gasteiger partial charge in [-0.25, -0.2) is 0 Å². The van der Waals surface area contributed by atoms with Gasteiger partial charge in [0.2, 0.25) is 0 Å². The lowest BCUT2D eigenvalue weighted by molar-refractivity contribution is 1.02. The summed E-state index contributed by atoms with van der Waals surface area (Å²) >= 11 is 1.94. The van der Waals surface area contributed by atoms with Crippen LogP contribution in [-0.2, 0) is 6.42 Å². The van der Waals surface area contributed by atoms with Crippen molar-refractivity contribution >= 4 is 44.8 Å². The first-order valence-corrected chi connectivity index (χ1v) is 24.3. The number of hydrogen-bond acceptors (Lipinski definition) is 2. The number of allylic oxidation sites excluding steroid dienone is 5. The number of thiophene rings is 1. The molecule has 0 saturated heterocycles. The van der Waals surface area contributed by atoms with E-state index in [4.69, 9.17) is 0 Å². The lowest BCUT2D eigenvalue weighted by Gasteiger charge is -2.18. The highest BCUT2D eigenvalue weighted by atomic mass is 32.1. The van der Waals surface area contributed by atoms with E-state index in [1.54, 1.807) is 0 Å². The van der Waals surface area contributed by atoms with Gasteiger partial charge in [0.05, 0.1) is 0 Å². The molecule has 1 aromatic heterocycles. The van der Waals surface area contributed by atoms with Gasteiger partial charge in [-0.05, 0) is 184 Å². The summed E-state index contributed by atoms with van der Waals surface area (Å²) in [5.74, 6) is 0. The van der Waals surface area contributed by atoms with Crippen LogP contribution in [0, 0.1) is 34.6 Å². The van der Waals surface area contributed by atoms with Crippen molar-refractivity contribution < 1.29 is 0 Å². The highest BCUT2D eigenvalue weighted by molar-refractivity contribution is 7.19. The minimum atomic E-state index is 1.05. The highest BCUT2D eigenvalue weighted by Crippen LogP contribution is 2.40. The molecule has 1 N–H and O–H groups in total. The molecule has 0 saturated carbocycles. The van der Waals surface area contributed by atoms with Crippen molar-refractivity contribution in [3.63, 3.8) is 0 Å². The second-order valence-electron chi connectivity index (χ2n) is 17.9. The zero-order valence-electron chi connectivity index (χ0n) is 39.0. The number of aryl methyl sites for hydroxylation is 4. The van der Waals surface area contributed by atoms with Crippen LogP contribution >= 0.6 is 11.3 Å². The molecular formula is C65H55NS. The third kappa shape index (κ3) is 9.06. The Bertz CT molecular complexity index is 3410. The van der Waals surface area contributed by atoms with Crippen LogP contribution in [0.1, 0.15) is 55.8 Å². The maximum atomic E-state index is 3.48. The number of fused-ring (bicyclic) bond motifs is 3. The van der Waals surface area contributed by atoms with Crippen molar-refractivity contribution in [2.75, 3.05) is 5.32 Å². The first-order valence-electron chi connectivity index (χ1n) is 23.5. The predicted octanol–water partition coefficient (Wildman–Crippen LogP) is 18.5. The van der Waals surface area contributed by atoms with Crippen LogP contribution in [0.3, 0.4) is 0 Å². The molecule has 0 aliphatic heterocycles. The second kappa shape index (κ2) is 19.1. The van der Waals surface area contributed by atoms with E-state index in [9.17, 15) is 0 Å². The van der Waals surface area contributed by atoms with E-state index in [0.29, 0.717) is 0 Å². The van der Waals surface area contributed by atoms with Crippen molar-refractivity contribution in [1.29, 1.82) is 0 Å². The van der Waals surface area contributed by atoms with Crippen molar-refractivity contribution in [2.45, 2.75) is 47.5 Å². The zero-order chi connectivity index (χ0) is 45.9. The lowest BCUT2D eigenvalue weighted by atomic mass is 9.86. The van der Waals surface area contributed by atoms with Crippen LogP contribution in [0.25, 0.3) is 83.4 Å². The molecule has 9 aromatic rings. The molecule has 0 radical (unpaired) electrons. The van der Waals surface area contributed by atoms with E-state index < -0.39 is 0 Å². The number of rotatable bonds is 11. The Labute approximate surface area is 400 Å². The normalized spacial score (nSPS) is 12.6. The van der Waals surface area contributed by atoms with E-state index in [1.165, 1.54) is 115 Å². The average molecular weight is 882 g/mol. The SMILES string of the molecule is Cc1cc(\C=C/C(=C\C=C\Nc2ccc(-c3ccc4sc5c(c4c3)C=CCC5)cc2)c2ccccc2)ccc1-c1ccc(-c2cccc(-c3cccc(-c4ccccc4C)c3C)c2C)cc1C. The van der Waals surface area contributed by atoms with Gasteiger partial charge in [-0.15, -0.1) is 11.3 Å². The van der Waals surface area contributed by atoms with E-state index in [0.717, 1.165) is 24.1 Å². The van der Waals surface area contributed by atoms with Crippen molar-refractivity contribution in [3.8, 4) is 55.6 Å². The molecule has 1 nitrogen and oxygen atoms in total. The fraction of sp³-hybridized carbons (Fsp3) is 0.108. The van der Waals surface area contributed by atoms with Gasteiger partial charge in [0.15, 0.2) is 0 Å². The van der Waals surface area contributed by atoms with Crippen LogP contribution in [0.15, 0.2) is 200 Å². The summed E-state index contributed by atoms with van der Waals surface area (Å²) in [6, 6.07) is 62.1. The molecule has 0 unspecified atom stereocenters. The number of nitrogens with one attached hydrogen (secondary N) is 1. The van der Waals surface area contributed by atoms with Crippen molar-refractivity contribution in [3.05, 3.63) is 250 Å². The molecule has 67 heavy (non-hydrogen) atoms. The average Bonchev–Trinajstić information content (AvgIpc) is 3.73. The third-order valence-corrected chi connectivity index (χ3v) is 14.7. The van der Waals surface area contributed by atoms with Crippen LogP contribution in [0.4, 0.5) is 5.69 Å². The summed E-state index contributed by atoms with van der Waals surface area (Å²) in [6.45, 7) is 11.2. The van der Waals surface area contributed by atoms with Gasteiger partial charge < -0.3 is 5.32 Å². The van der Waals surface area contributed by atoms with Crippen molar-refractivity contribution in [2.24, 2.45) is 0 Å². The predicted molar refractivity (Wildman–Crippen MR) is 293 cm³/mol. The summed E-state index contributed by atoms with van der Waals surface area (Å²) in [6.07, 6.45) is 17.6. The second-order valence-corrected chi connectivity index (χ2v) is 19.0. The molecule has 1 aliphatic rings. The summed E-state index contributed by atoms with van der Waals surface area (Å²) in [4.78, 5) is 1.51. The number of anilines is 1. The van der Waals surface area contributed by atoms with E-state index >= 15 is 0 Å². The molecule has 2 heteroatoms. The third-order valence-electron chi connectivity index (χ3n) is 13.5. The summed E-state index contributed by atoms with van der Waals surface area (Å²) < 4.78 is 1.38. The van der Waals surface area contributed by atoms with Crippen LogP contribution < -0.4 is 5.32 Å². The molecule has 1 aliphatic carbocycles. The van der Waals surface area contributed by atoms with Gasteiger partial charge in [0, 0.05) is 26.9 Å². The Morgan fingerprint density at radius 1 is 0.522 bits per heavy atom. The topological polar surface area (TPSA) is 12.0 Å². The van der Waals surface area contributed by atoms with E-state index in [-0.39, 0.29) is 0 Å². The monoisotopic (exact) mass is 881 g/mol. The van der Waals surface area contributed by atoms with Gasteiger partial charge in [-0.1, -0.05) is 176 Å². The summed E-state index contributed by atoms with van der Waals surface area (Å²) in [5.41, 5.74) is 25.0. The van der Waals surface area contributed by atoms with Gasteiger partial charge in [-0.2, -0.15) is 0 Å². The van der Waals surface area contributed by atoms with E-state index in [2.05, 4.69) is 246 Å². The quantitative estimate of drug-likeness (QED) is 0.128. The minimum absolute atomic E-state index is 1.05. The molecule has 0 amide bonds. The fourth-order valence-electron chi connectivity index (χ4n) is 9.81. The fourth-order valence-corrected chi connectivity index (χ4v) is 11.0. The Hall–Kier alpha value is -7.52. The first-order chi connectivity index (χ1) is 32.8. The molecule has 326 valence electrons. The number of hydrogen-bond donors (Lipinski definition) is 1. The van der Waals surface area contributed by atoms with Gasteiger partial charge in [0.1, 0.15) is 0 Å². The summed E-state index contributed by atoms with van der Waals surface area (Å²) in [5, 5.41) is 4.86.